The van der Waals surface area contributed by atoms with Crippen molar-refractivity contribution in [2.24, 2.45) is 0 Å². The predicted molar refractivity (Wildman–Crippen MR) is 78.9 cm³/mol. The second-order valence-electron chi connectivity index (χ2n) is 4.72. The molecule has 0 aliphatic heterocycles. The number of para-hydroxylation sites is 1. The number of pyridine rings is 1. The maximum atomic E-state index is 9.48. The van der Waals surface area contributed by atoms with Gasteiger partial charge in [0.25, 0.3) is 0 Å². The van der Waals surface area contributed by atoms with Gasteiger partial charge in [-0.25, -0.2) is 4.98 Å². The molecule has 3 heteroatoms. The van der Waals surface area contributed by atoms with Gasteiger partial charge in [0.05, 0.1) is 12.1 Å². The molecule has 20 heavy (non-hydrogen) atoms. The highest BCUT2D eigenvalue weighted by molar-refractivity contribution is 5.80. The van der Waals surface area contributed by atoms with Crippen LogP contribution in [0.2, 0.25) is 0 Å². The monoisotopic (exact) mass is 265 g/mol. The molecule has 0 amide bonds. The first-order chi connectivity index (χ1) is 9.76. The highest BCUT2D eigenvalue weighted by atomic mass is 16.5. The zero-order valence-electron chi connectivity index (χ0n) is 11.2. The second kappa shape index (κ2) is 5.31. The maximum Gasteiger partial charge on any atom is 0.225 e. The molecule has 0 aliphatic rings. The first-order valence-electron chi connectivity index (χ1n) is 6.50. The fourth-order valence-corrected chi connectivity index (χ4v) is 2.06. The van der Waals surface area contributed by atoms with Crippen LogP contribution in [0.3, 0.4) is 0 Å². The lowest BCUT2D eigenvalue weighted by molar-refractivity contribution is 0.275. The number of aliphatic hydroxyl groups is 1. The smallest absolute Gasteiger partial charge is 0.225 e. The van der Waals surface area contributed by atoms with Crippen LogP contribution in [0.1, 0.15) is 11.1 Å². The number of aromatic nitrogens is 1. The summed E-state index contributed by atoms with van der Waals surface area (Å²) in [5.74, 6) is 1.17. The van der Waals surface area contributed by atoms with E-state index in [1.807, 2.05) is 61.5 Å². The van der Waals surface area contributed by atoms with E-state index in [1.54, 1.807) is 0 Å². The van der Waals surface area contributed by atoms with E-state index >= 15 is 0 Å². The fourth-order valence-electron chi connectivity index (χ4n) is 2.06. The van der Waals surface area contributed by atoms with Crippen molar-refractivity contribution in [2.45, 2.75) is 13.5 Å². The Bertz CT molecular complexity index is 736. The van der Waals surface area contributed by atoms with Gasteiger partial charge in [-0.15, -0.1) is 0 Å². The van der Waals surface area contributed by atoms with Crippen molar-refractivity contribution in [3.05, 3.63) is 65.7 Å². The minimum atomic E-state index is -0.0982. The Morgan fingerprint density at radius 3 is 2.55 bits per heavy atom. The molecule has 1 N–H and O–H groups in total. The van der Waals surface area contributed by atoms with Crippen molar-refractivity contribution in [2.75, 3.05) is 0 Å². The predicted octanol–water partition coefficient (Wildman–Crippen LogP) is 3.83. The molecule has 0 atom stereocenters. The number of fused-ring (bicyclic) bond motifs is 1. The first kappa shape index (κ1) is 12.6. The molecule has 100 valence electrons. The van der Waals surface area contributed by atoms with Crippen LogP contribution in [-0.2, 0) is 6.61 Å². The molecule has 2 aromatic carbocycles. The Kier molecular flexibility index (Phi) is 3.35. The van der Waals surface area contributed by atoms with Crippen LogP contribution >= 0.6 is 0 Å². The highest BCUT2D eigenvalue weighted by Crippen LogP contribution is 2.27. The molecule has 0 unspecified atom stereocenters. The number of aryl methyl sites for hydroxylation is 1. The van der Waals surface area contributed by atoms with Crippen LogP contribution in [0.15, 0.2) is 54.6 Å². The Morgan fingerprint density at radius 2 is 1.80 bits per heavy atom. The molecule has 3 aromatic rings. The second-order valence-corrected chi connectivity index (χ2v) is 4.72. The van der Waals surface area contributed by atoms with E-state index in [-0.39, 0.29) is 6.61 Å². The van der Waals surface area contributed by atoms with Crippen LogP contribution in [0, 0.1) is 6.92 Å². The van der Waals surface area contributed by atoms with Gasteiger partial charge in [0.1, 0.15) is 5.75 Å². The molecule has 0 radical (unpaired) electrons. The third kappa shape index (κ3) is 2.49. The van der Waals surface area contributed by atoms with Crippen molar-refractivity contribution < 1.29 is 9.84 Å². The summed E-state index contributed by atoms with van der Waals surface area (Å²) in [7, 11) is 0. The lowest BCUT2D eigenvalue weighted by Crippen LogP contribution is -1.96. The molecule has 1 aromatic heterocycles. The van der Waals surface area contributed by atoms with E-state index < -0.39 is 0 Å². The molecule has 0 saturated carbocycles. The van der Waals surface area contributed by atoms with Gasteiger partial charge in [0.2, 0.25) is 5.88 Å². The average Bonchev–Trinajstić information content (AvgIpc) is 2.49. The van der Waals surface area contributed by atoms with Gasteiger partial charge >= 0.3 is 0 Å². The average molecular weight is 265 g/mol. The van der Waals surface area contributed by atoms with Gasteiger partial charge in [-0.05, 0) is 31.2 Å². The number of rotatable bonds is 3. The molecule has 3 rings (SSSR count). The number of ether oxygens (including phenoxy) is 1. The summed E-state index contributed by atoms with van der Waals surface area (Å²) in [4.78, 5) is 4.48. The third-order valence-electron chi connectivity index (χ3n) is 3.17. The Labute approximate surface area is 117 Å². The summed E-state index contributed by atoms with van der Waals surface area (Å²) in [5, 5.41) is 10.5. The van der Waals surface area contributed by atoms with Crippen molar-refractivity contribution in [1.29, 1.82) is 0 Å². The van der Waals surface area contributed by atoms with Gasteiger partial charge in [-0.1, -0.05) is 35.9 Å². The molecule has 0 spiro atoms. The van der Waals surface area contributed by atoms with E-state index in [1.165, 1.54) is 5.56 Å². The Hall–Kier alpha value is -2.39. The van der Waals surface area contributed by atoms with Crippen molar-refractivity contribution in [3.8, 4) is 11.6 Å². The standard InChI is InChI=1S/C17H15NO2/c1-12-6-8-15(9-7-12)20-17-14(11-19)10-13-4-2-3-5-16(13)18-17/h2-10,19H,11H2,1H3. The summed E-state index contributed by atoms with van der Waals surface area (Å²) in [5.41, 5.74) is 2.71. The fraction of sp³-hybridized carbons (Fsp3) is 0.118. The molecule has 0 bridgehead atoms. The topological polar surface area (TPSA) is 42.4 Å². The Balaban J connectivity index is 2.03. The summed E-state index contributed by atoms with van der Waals surface area (Å²) < 4.78 is 5.79. The van der Waals surface area contributed by atoms with Crippen LogP contribution in [0.5, 0.6) is 11.6 Å². The molecule has 1 heterocycles. The lowest BCUT2D eigenvalue weighted by atomic mass is 10.1. The number of aliphatic hydroxyl groups excluding tert-OH is 1. The number of nitrogens with zero attached hydrogens (tertiary/aromatic N) is 1. The van der Waals surface area contributed by atoms with E-state index in [2.05, 4.69) is 4.98 Å². The molecule has 0 saturated heterocycles. The normalized spacial score (nSPS) is 10.7. The molecular formula is C17H15NO2. The van der Waals surface area contributed by atoms with Crippen LogP contribution in [-0.4, -0.2) is 10.1 Å². The van der Waals surface area contributed by atoms with Gasteiger partial charge in [0, 0.05) is 10.9 Å². The summed E-state index contributed by atoms with van der Waals surface area (Å²) in [6.07, 6.45) is 0. The van der Waals surface area contributed by atoms with Gasteiger partial charge < -0.3 is 9.84 Å². The van der Waals surface area contributed by atoms with Crippen LogP contribution in [0.25, 0.3) is 10.9 Å². The molecular weight excluding hydrogens is 250 g/mol. The minimum absolute atomic E-state index is 0.0982. The van der Waals surface area contributed by atoms with Crippen molar-refractivity contribution in [1.82, 2.24) is 4.98 Å². The Morgan fingerprint density at radius 1 is 1.05 bits per heavy atom. The third-order valence-corrected chi connectivity index (χ3v) is 3.17. The van der Waals surface area contributed by atoms with E-state index in [4.69, 9.17) is 4.74 Å². The largest absolute Gasteiger partial charge is 0.439 e. The quantitative estimate of drug-likeness (QED) is 0.782. The number of benzene rings is 2. The van der Waals surface area contributed by atoms with E-state index in [9.17, 15) is 5.11 Å². The van der Waals surface area contributed by atoms with Crippen LogP contribution in [0.4, 0.5) is 0 Å². The van der Waals surface area contributed by atoms with Gasteiger partial charge in [0.15, 0.2) is 0 Å². The summed E-state index contributed by atoms with van der Waals surface area (Å²) in [6.45, 7) is 1.93. The first-order valence-corrected chi connectivity index (χ1v) is 6.50. The zero-order chi connectivity index (χ0) is 13.9. The lowest BCUT2D eigenvalue weighted by Gasteiger charge is -2.10. The summed E-state index contributed by atoms with van der Waals surface area (Å²) in [6, 6.07) is 17.4. The summed E-state index contributed by atoms with van der Waals surface area (Å²) >= 11 is 0. The molecule has 0 aliphatic carbocycles. The van der Waals surface area contributed by atoms with Crippen molar-refractivity contribution in [3.63, 3.8) is 0 Å². The van der Waals surface area contributed by atoms with Gasteiger partial charge in [-0.2, -0.15) is 0 Å². The molecule has 0 fully saturated rings. The van der Waals surface area contributed by atoms with Gasteiger partial charge in [-0.3, -0.25) is 0 Å². The number of hydrogen-bond acceptors (Lipinski definition) is 3. The van der Waals surface area contributed by atoms with Crippen LogP contribution < -0.4 is 4.74 Å². The van der Waals surface area contributed by atoms with Crippen molar-refractivity contribution >= 4 is 10.9 Å². The number of hydrogen-bond donors (Lipinski definition) is 1. The minimum Gasteiger partial charge on any atom is -0.439 e. The molecule has 3 nitrogen and oxygen atoms in total. The SMILES string of the molecule is Cc1ccc(Oc2nc3ccccc3cc2CO)cc1. The van der Waals surface area contributed by atoms with E-state index in [0.29, 0.717) is 17.2 Å². The maximum absolute atomic E-state index is 9.48. The zero-order valence-corrected chi connectivity index (χ0v) is 11.2. The highest BCUT2D eigenvalue weighted by Gasteiger charge is 2.08. The van der Waals surface area contributed by atoms with E-state index in [0.717, 1.165) is 10.9 Å².